The second kappa shape index (κ2) is 13.2. The van der Waals surface area contributed by atoms with E-state index in [1.54, 1.807) is 0 Å². The number of hydrogen-bond donors (Lipinski definition) is 2. The predicted octanol–water partition coefficient (Wildman–Crippen LogP) is 2.82. The summed E-state index contributed by atoms with van der Waals surface area (Å²) in [5.41, 5.74) is 7.86. The number of aliphatic hydroxyl groups is 1. The minimum atomic E-state index is -0.529. The van der Waals surface area contributed by atoms with Crippen molar-refractivity contribution in [3.63, 3.8) is 0 Å². The first-order chi connectivity index (χ1) is 15.6. The summed E-state index contributed by atoms with van der Waals surface area (Å²) in [5, 5.41) is 10.4. The highest BCUT2D eigenvalue weighted by Crippen LogP contribution is 2.19. The number of amides is 1. The molecule has 1 heterocycles. The number of rotatable bonds is 13. The SMILES string of the molecule is NC(=O)[C@H](Cc1ccccc1)C[C@@H](O)CCCc1ccc(OCCN2CCOCC2)cc1. The van der Waals surface area contributed by atoms with Gasteiger partial charge < -0.3 is 20.3 Å². The Kier molecular flexibility index (Phi) is 10.0. The van der Waals surface area contributed by atoms with Crippen LogP contribution in [0, 0.1) is 5.92 Å². The average molecular weight is 441 g/mol. The standard InChI is InChI=1S/C26H36N2O4/c27-26(30)23(19-22-5-2-1-3-6-22)20-24(29)8-4-7-21-9-11-25(12-10-21)32-18-15-28-13-16-31-17-14-28/h1-3,5-6,9-12,23-24,29H,4,7-8,13-20H2,(H2,27,30)/t23-,24+/m1/s1. The van der Waals surface area contributed by atoms with Gasteiger partial charge >= 0.3 is 0 Å². The maximum atomic E-state index is 11.8. The quantitative estimate of drug-likeness (QED) is 0.500. The van der Waals surface area contributed by atoms with Gasteiger partial charge in [-0.3, -0.25) is 9.69 Å². The van der Waals surface area contributed by atoms with E-state index in [2.05, 4.69) is 17.0 Å². The highest BCUT2D eigenvalue weighted by molar-refractivity contribution is 5.77. The fourth-order valence-electron chi connectivity index (χ4n) is 4.06. The van der Waals surface area contributed by atoms with Gasteiger partial charge in [0.15, 0.2) is 0 Å². The smallest absolute Gasteiger partial charge is 0.220 e. The Balaban J connectivity index is 1.34. The minimum Gasteiger partial charge on any atom is -0.492 e. The molecule has 3 rings (SSSR count). The second-order valence-electron chi connectivity index (χ2n) is 8.52. The van der Waals surface area contributed by atoms with E-state index in [0.29, 0.717) is 25.9 Å². The number of morpholine rings is 1. The van der Waals surface area contributed by atoms with Crippen molar-refractivity contribution >= 4 is 5.91 Å². The molecule has 6 nitrogen and oxygen atoms in total. The fraction of sp³-hybridized carbons (Fsp3) is 0.500. The lowest BCUT2D eigenvalue weighted by Crippen LogP contribution is -2.38. The number of ether oxygens (including phenoxy) is 2. The first-order valence-corrected chi connectivity index (χ1v) is 11.6. The van der Waals surface area contributed by atoms with Crippen molar-refractivity contribution in [2.45, 2.75) is 38.2 Å². The van der Waals surface area contributed by atoms with Crippen LogP contribution in [0.15, 0.2) is 54.6 Å². The molecule has 32 heavy (non-hydrogen) atoms. The average Bonchev–Trinajstić information content (AvgIpc) is 2.81. The Morgan fingerprint density at radius 1 is 1.06 bits per heavy atom. The van der Waals surface area contributed by atoms with E-state index in [1.165, 1.54) is 5.56 Å². The Morgan fingerprint density at radius 2 is 1.78 bits per heavy atom. The second-order valence-corrected chi connectivity index (χ2v) is 8.52. The molecule has 174 valence electrons. The van der Waals surface area contributed by atoms with Gasteiger partial charge in [-0.2, -0.15) is 0 Å². The van der Waals surface area contributed by atoms with Gasteiger partial charge in [-0.25, -0.2) is 0 Å². The van der Waals surface area contributed by atoms with E-state index in [1.807, 2.05) is 42.5 Å². The normalized spacial score (nSPS) is 16.4. The third-order valence-corrected chi connectivity index (χ3v) is 5.99. The summed E-state index contributed by atoms with van der Waals surface area (Å²) in [5.74, 6) is 0.186. The number of nitrogens with two attached hydrogens (primary N) is 1. The number of aliphatic hydroxyl groups excluding tert-OH is 1. The van der Waals surface area contributed by atoms with Crippen LogP contribution in [0.25, 0.3) is 0 Å². The van der Waals surface area contributed by atoms with Crippen LogP contribution in [-0.2, 0) is 22.4 Å². The topological polar surface area (TPSA) is 85.0 Å². The molecule has 6 heteroatoms. The zero-order valence-electron chi connectivity index (χ0n) is 18.8. The number of carbonyl (C=O) groups excluding carboxylic acids is 1. The summed E-state index contributed by atoms with van der Waals surface area (Å²) >= 11 is 0. The molecule has 0 unspecified atom stereocenters. The van der Waals surface area contributed by atoms with Gasteiger partial charge in [-0.05, 0) is 55.4 Å². The van der Waals surface area contributed by atoms with Gasteiger partial charge in [0, 0.05) is 25.6 Å². The van der Waals surface area contributed by atoms with Gasteiger partial charge in [0.05, 0.1) is 19.3 Å². The number of primary amides is 1. The molecule has 0 aromatic heterocycles. The molecule has 2 aromatic carbocycles. The summed E-state index contributed by atoms with van der Waals surface area (Å²) in [6.07, 6.45) is 2.83. The van der Waals surface area contributed by atoms with E-state index < -0.39 is 6.10 Å². The first kappa shape index (κ1) is 24.2. The molecule has 3 N–H and O–H groups in total. The number of aryl methyl sites for hydroxylation is 1. The largest absolute Gasteiger partial charge is 0.492 e. The van der Waals surface area contributed by atoms with Gasteiger partial charge in [0.25, 0.3) is 0 Å². The van der Waals surface area contributed by atoms with E-state index in [9.17, 15) is 9.90 Å². The van der Waals surface area contributed by atoms with Crippen LogP contribution in [0.4, 0.5) is 0 Å². The van der Waals surface area contributed by atoms with E-state index in [4.69, 9.17) is 15.2 Å². The maximum Gasteiger partial charge on any atom is 0.220 e. The lowest BCUT2D eigenvalue weighted by molar-refractivity contribution is -0.122. The maximum absolute atomic E-state index is 11.8. The predicted molar refractivity (Wildman–Crippen MR) is 126 cm³/mol. The molecule has 0 spiro atoms. The molecular weight excluding hydrogens is 404 g/mol. The van der Waals surface area contributed by atoms with Crippen LogP contribution in [0.5, 0.6) is 5.75 Å². The highest BCUT2D eigenvalue weighted by Gasteiger charge is 2.20. The molecule has 1 fully saturated rings. The highest BCUT2D eigenvalue weighted by atomic mass is 16.5. The Bertz CT molecular complexity index is 791. The molecule has 2 atom stereocenters. The molecule has 0 saturated carbocycles. The first-order valence-electron chi connectivity index (χ1n) is 11.6. The number of benzene rings is 2. The monoisotopic (exact) mass is 440 g/mol. The van der Waals surface area contributed by atoms with Crippen LogP contribution in [0.1, 0.15) is 30.4 Å². The lowest BCUT2D eigenvalue weighted by Gasteiger charge is -2.26. The van der Waals surface area contributed by atoms with Crippen LogP contribution in [0.2, 0.25) is 0 Å². The summed E-state index contributed by atoms with van der Waals surface area (Å²) in [7, 11) is 0. The molecule has 0 aliphatic carbocycles. The van der Waals surface area contributed by atoms with Gasteiger partial charge in [0.2, 0.25) is 5.91 Å². The van der Waals surface area contributed by atoms with E-state index >= 15 is 0 Å². The summed E-state index contributed by atoms with van der Waals surface area (Å²) in [6.45, 7) is 5.15. The minimum absolute atomic E-state index is 0.346. The molecule has 0 radical (unpaired) electrons. The van der Waals surface area contributed by atoms with Gasteiger partial charge in [-0.1, -0.05) is 42.5 Å². The lowest BCUT2D eigenvalue weighted by atomic mass is 9.91. The van der Waals surface area contributed by atoms with Crippen LogP contribution in [-0.4, -0.2) is 61.5 Å². The summed E-state index contributed by atoms with van der Waals surface area (Å²) in [6, 6.07) is 18.0. The molecule has 2 aromatic rings. The van der Waals surface area contributed by atoms with Crippen LogP contribution >= 0.6 is 0 Å². The van der Waals surface area contributed by atoms with Crippen molar-refractivity contribution in [1.82, 2.24) is 4.90 Å². The van der Waals surface area contributed by atoms with E-state index in [-0.39, 0.29) is 11.8 Å². The molecule has 1 aliphatic rings. The van der Waals surface area contributed by atoms with Crippen LogP contribution < -0.4 is 10.5 Å². The van der Waals surface area contributed by atoms with Crippen molar-refractivity contribution in [1.29, 1.82) is 0 Å². The molecule has 0 bridgehead atoms. The zero-order chi connectivity index (χ0) is 22.6. The molecule has 1 aliphatic heterocycles. The van der Waals surface area contributed by atoms with Crippen molar-refractivity contribution in [3.8, 4) is 5.75 Å². The number of carbonyl (C=O) groups is 1. The number of hydrogen-bond acceptors (Lipinski definition) is 5. The van der Waals surface area contributed by atoms with Crippen molar-refractivity contribution in [2.24, 2.45) is 11.7 Å². The Hall–Kier alpha value is -2.41. The third kappa shape index (κ3) is 8.61. The summed E-state index contributed by atoms with van der Waals surface area (Å²) in [4.78, 5) is 14.2. The molecular formula is C26H36N2O4. The van der Waals surface area contributed by atoms with E-state index in [0.717, 1.165) is 57.0 Å². The van der Waals surface area contributed by atoms with Crippen molar-refractivity contribution in [2.75, 3.05) is 39.5 Å². The fourth-order valence-corrected chi connectivity index (χ4v) is 4.06. The number of nitrogens with zero attached hydrogens (tertiary/aromatic N) is 1. The molecule has 1 saturated heterocycles. The van der Waals surface area contributed by atoms with Gasteiger partial charge in [-0.15, -0.1) is 0 Å². The Labute approximate surface area is 191 Å². The third-order valence-electron chi connectivity index (χ3n) is 5.99. The van der Waals surface area contributed by atoms with Gasteiger partial charge in [0.1, 0.15) is 12.4 Å². The molecule has 1 amide bonds. The summed E-state index contributed by atoms with van der Waals surface area (Å²) < 4.78 is 11.2. The van der Waals surface area contributed by atoms with Crippen molar-refractivity contribution in [3.05, 3.63) is 65.7 Å². The Morgan fingerprint density at radius 3 is 2.47 bits per heavy atom. The zero-order valence-corrected chi connectivity index (χ0v) is 18.8. The van der Waals surface area contributed by atoms with Crippen molar-refractivity contribution < 1.29 is 19.4 Å². The van der Waals surface area contributed by atoms with Crippen LogP contribution in [0.3, 0.4) is 0 Å².